The summed E-state index contributed by atoms with van der Waals surface area (Å²) in [6, 6.07) is 0. The number of hydrogen-bond donors (Lipinski definition) is 2. The molecule has 1 rings (SSSR count). The van der Waals surface area contributed by atoms with Crippen LogP contribution in [0.25, 0.3) is 0 Å². The fourth-order valence-electron chi connectivity index (χ4n) is 1.52. The molecule has 1 aromatic heterocycles. The molecule has 0 radical (unpaired) electrons. The predicted molar refractivity (Wildman–Crippen MR) is 65.1 cm³/mol. The number of nitrogens with one attached hydrogen (secondary N) is 1. The van der Waals surface area contributed by atoms with E-state index in [4.69, 9.17) is 0 Å². The number of aryl methyl sites for hydroxylation is 1. The monoisotopic (exact) mass is 225 g/mol. The van der Waals surface area contributed by atoms with Gasteiger partial charge in [-0.1, -0.05) is 20.8 Å². The first kappa shape index (κ1) is 13.2. The molecule has 0 fully saturated rings. The minimum atomic E-state index is -0.283. The highest BCUT2D eigenvalue weighted by atomic mass is 16.3. The van der Waals surface area contributed by atoms with Crippen LogP contribution >= 0.6 is 0 Å². The number of hydrogen-bond acceptors (Lipinski definition) is 3. The molecular weight excluding hydrogens is 202 g/mol. The van der Waals surface area contributed by atoms with Crippen LogP contribution in [0.4, 0.5) is 0 Å². The largest absolute Gasteiger partial charge is 0.392 e. The Bertz CT molecular complexity index is 296. The fourth-order valence-corrected chi connectivity index (χ4v) is 1.52. The zero-order chi connectivity index (χ0) is 12.0. The van der Waals surface area contributed by atoms with E-state index >= 15 is 0 Å². The highest BCUT2D eigenvalue weighted by Crippen LogP contribution is 2.01. The molecule has 16 heavy (non-hydrogen) atoms. The molecule has 1 unspecified atom stereocenters. The van der Waals surface area contributed by atoms with E-state index in [1.54, 1.807) is 0 Å². The standard InChI is InChI=1S/C12H23N3O/c1-4-6-15-7-5-14-12(15)9-13-8-11(16)10(2)3/h5,7,10-11,13,16H,4,6,8-9H2,1-3H3. The zero-order valence-corrected chi connectivity index (χ0v) is 10.5. The van der Waals surface area contributed by atoms with Crippen LogP contribution in [-0.4, -0.2) is 27.3 Å². The Morgan fingerprint density at radius 3 is 2.88 bits per heavy atom. The summed E-state index contributed by atoms with van der Waals surface area (Å²) >= 11 is 0. The van der Waals surface area contributed by atoms with Crippen molar-refractivity contribution in [3.63, 3.8) is 0 Å². The normalized spacial score (nSPS) is 13.3. The lowest BCUT2D eigenvalue weighted by atomic mass is 10.1. The van der Waals surface area contributed by atoms with Crippen LogP contribution in [0.5, 0.6) is 0 Å². The summed E-state index contributed by atoms with van der Waals surface area (Å²) in [5.41, 5.74) is 0. The number of aliphatic hydroxyl groups excluding tert-OH is 1. The van der Waals surface area contributed by atoms with Crippen molar-refractivity contribution in [2.24, 2.45) is 5.92 Å². The minimum Gasteiger partial charge on any atom is -0.392 e. The Morgan fingerprint density at radius 2 is 2.25 bits per heavy atom. The lowest BCUT2D eigenvalue weighted by Gasteiger charge is -2.15. The van der Waals surface area contributed by atoms with Crippen molar-refractivity contribution >= 4 is 0 Å². The molecule has 0 aliphatic carbocycles. The van der Waals surface area contributed by atoms with Gasteiger partial charge in [-0.3, -0.25) is 0 Å². The summed E-state index contributed by atoms with van der Waals surface area (Å²) in [7, 11) is 0. The molecule has 0 bridgehead atoms. The topological polar surface area (TPSA) is 50.1 Å². The van der Waals surface area contributed by atoms with Gasteiger partial charge < -0.3 is 15.0 Å². The van der Waals surface area contributed by atoms with Gasteiger partial charge in [0, 0.05) is 25.5 Å². The van der Waals surface area contributed by atoms with Crippen molar-refractivity contribution in [3.8, 4) is 0 Å². The van der Waals surface area contributed by atoms with Gasteiger partial charge in [-0.25, -0.2) is 4.98 Å². The lowest BCUT2D eigenvalue weighted by molar-refractivity contribution is 0.123. The van der Waals surface area contributed by atoms with Gasteiger partial charge in [0.1, 0.15) is 5.82 Å². The molecule has 1 atom stereocenters. The molecule has 0 aromatic carbocycles. The number of rotatable bonds is 7. The van der Waals surface area contributed by atoms with Gasteiger partial charge in [-0.15, -0.1) is 0 Å². The van der Waals surface area contributed by atoms with E-state index in [1.807, 2.05) is 26.2 Å². The third-order valence-corrected chi connectivity index (χ3v) is 2.67. The highest BCUT2D eigenvalue weighted by Gasteiger charge is 2.08. The lowest BCUT2D eigenvalue weighted by Crippen LogP contribution is -2.31. The number of aromatic nitrogens is 2. The van der Waals surface area contributed by atoms with Gasteiger partial charge in [0.05, 0.1) is 12.6 Å². The highest BCUT2D eigenvalue weighted by molar-refractivity contribution is 4.91. The smallest absolute Gasteiger partial charge is 0.122 e. The second kappa shape index (κ2) is 6.66. The molecule has 1 aromatic rings. The first-order valence-electron chi connectivity index (χ1n) is 6.04. The Balaban J connectivity index is 2.34. The molecule has 0 saturated carbocycles. The predicted octanol–water partition coefficient (Wildman–Crippen LogP) is 1.40. The molecule has 0 aliphatic rings. The summed E-state index contributed by atoms with van der Waals surface area (Å²) in [5.74, 6) is 1.33. The maximum Gasteiger partial charge on any atom is 0.122 e. The average Bonchev–Trinajstić information content (AvgIpc) is 2.66. The third kappa shape index (κ3) is 3.94. The molecule has 4 nitrogen and oxygen atoms in total. The second-order valence-electron chi connectivity index (χ2n) is 4.48. The van der Waals surface area contributed by atoms with E-state index in [0.717, 1.165) is 25.3 Å². The van der Waals surface area contributed by atoms with Gasteiger partial charge in [-0.2, -0.15) is 0 Å². The molecule has 0 saturated heterocycles. The summed E-state index contributed by atoms with van der Waals surface area (Å²) in [6.07, 6.45) is 4.65. The first-order chi connectivity index (χ1) is 7.65. The van der Waals surface area contributed by atoms with E-state index in [0.29, 0.717) is 12.5 Å². The Kier molecular flexibility index (Phi) is 5.49. The quantitative estimate of drug-likeness (QED) is 0.737. The number of imidazole rings is 1. The average molecular weight is 225 g/mol. The third-order valence-electron chi connectivity index (χ3n) is 2.67. The van der Waals surface area contributed by atoms with Crippen LogP contribution in [0, 0.1) is 5.92 Å². The van der Waals surface area contributed by atoms with E-state index < -0.39 is 0 Å². The molecule has 1 heterocycles. The van der Waals surface area contributed by atoms with Crippen LogP contribution in [0.15, 0.2) is 12.4 Å². The van der Waals surface area contributed by atoms with E-state index in [1.165, 1.54) is 0 Å². The Labute approximate surface area is 97.7 Å². The Morgan fingerprint density at radius 1 is 1.50 bits per heavy atom. The van der Waals surface area contributed by atoms with Crippen molar-refractivity contribution in [2.45, 2.75) is 46.4 Å². The van der Waals surface area contributed by atoms with E-state index in [-0.39, 0.29) is 6.10 Å². The summed E-state index contributed by atoms with van der Waals surface area (Å²) < 4.78 is 2.15. The van der Waals surface area contributed by atoms with Crippen LogP contribution < -0.4 is 5.32 Å². The summed E-state index contributed by atoms with van der Waals surface area (Å²) in [4.78, 5) is 4.30. The van der Waals surface area contributed by atoms with Gasteiger partial charge in [0.15, 0.2) is 0 Å². The van der Waals surface area contributed by atoms with Crippen molar-refractivity contribution in [3.05, 3.63) is 18.2 Å². The van der Waals surface area contributed by atoms with E-state index in [9.17, 15) is 5.11 Å². The minimum absolute atomic E-state index is 0.283. The molecular formula is C12H23N3O. The molecule has 92 valence electrons. The van der Waals surface area contributed by atoms with Crippen LogP contribution in [-0.2, 0) is 13.1 Å². The van der Waals surface area contributed by atoms with Gasteiger partial charge >= 0.3 is 0 Å². The molecule has 4 heteroatoms. The van der Waals surface area contributed by atoms with Crippen molar-refractivity contribution in [1.29, 1.82) is 0 Å². The summed E-state index contributed by atoms with van der Waals surface area (Å²) in [5, 5.41) is 12.9. The van der Waals surface area contributed by atoms with Crippen LogP contribution in [0.2, 0.25) is 0 Å². The molecule has 0 aliphatic heterocycles. The number of aliphatic hydroxyl groups is 1. The summed E-state index contributed by atoms with van der Waals surface area (Å²) in [6.45, 7) is 8.53. The van der Waals surface area contributed by atoms with E-state index in [2.05, 4.69) is 21.8 Å². The molecule has 0 amide bonds. The molecule has 0 spiro atoms. The number of nitrogens with zero attached hydrogens (tertiary/aromatic N) is 2. The maximum atomic E-state index is 9.64. The Hall–Kier alpha value is -0.870. The van der Waals surface area contributed by atoms with Crippen LogP contribution in [0.3, 0.4) is 0 Å². The zero-order valence-electron chi connectivity index (χ0n) is 10.5. The first-order valence-corrected chi connectivity index (χ1v) is 6.04. The van der Waals surface area contributed by atoms with Crippen molar-refractivity contribution < 1.29 is 5.11 Å². The van der Waals surface area contributed by atoms with Gasteiger partial charge in [0.2, 0.25) is 0 Å². The maximum absolute atomic E-state index is 9.64. The van der Waals surface area contributed by atoms with Gasteiger partial charge in [0.25, 0.3) is 0 Å². The van der Waals surface area contributed by atoms with Crippen molar-refractivity contribution in [1.82, 2.24) is 14.9 Å². The second-order valence-corrected chi connectivity index (χ2v) is 4.48. The molecule has 2 N–H and O–H groups in total. The van der Waals surface area contributed by atoms with Gasteiger partial charge in [-0.05, 0) is 12.3 Å². The fraction of sp³-hybridized carbons (Fsp3) is 0.750. The van der Waals surface area contributed by atoms with Crippen LogP contribution in [0.1, 0.15) is 33.0 Å². The SMILES string of the molecule is CCCn1ccnc1CNCC(O)C(C)C. The van der Waals surface area contributed by atoms with Crippen molar-refractivity contribution in [2.75, 3.05) is 6.54 Å².